The first-order valence-corrected chi connectivity index (χ1v) is 9.63. The number of nitrogens with zero attached hydrogens (tertiary/aromatic N) is 3. The second-order valence-electron chi connectivity index (χ2n) is 7.55. The Morgan fingerprint density at radius 1 is 0.893 bits per heavy atom. The summed E-state index contributed by atoms with van der Waals surface area (Å²) < 4.78 is 4.57. The van der Waals surface area contributed by atoms with Gasteiger partial charge in [0.05, 0.1) is 27.5 Å². The molecule has 0 aliphatic heterocycles. The molecule has 0 unspecified atom stereocenters. The highest BCUT2D eigenvalue weighted by Crippen LogP contribution is 2.29. The minimum Gasteiger partial charge on any atom is -0.316 e. The van der Waals surface area contributed by atoms with Crippen LogP contribution in [0.1, 0.15) is 5.56 Å². The highest BCUT2D eigenvalue weighted by molar-refractivity contribution is 6.07. The molecule has 28 heavy (non-hydrogen) atoms. The van der Waals surface area contributed by atoms with E-state index in [1.54, 1.807) is 0 Å². The summed E-state index contributed by atoms with van der Waals surface area (Å²) in [5.74, 6) is 0. The summed E-state index contributed by atoms with van der Waals surface area (Å²) in [6.07, 6.45) is 11.8. The zero-order chi connectivity index (χ0) is 18.2. The molecule has 3 heteroatoms. The highest BCUT2D eigenvalue weighted by Gasteiger charge is 2.18. The fraction of sp³-hybridized carbons (Fsp3) is 0.0400. The highest BCUT2D eigenvalue weighted by atomic mass is 14.9. The van der Waals surface area contributed by atoms with Crippen molar-refractivity contribution in [1.29, 1.82) is 0 Å². The SMILES string of the molecule is C1=CCc2cc3c4cc5c(ccn6c7ccccc7cc56)nc4cc[n+]3c2=C1. The van der Waals surface area contributed by atoms with Gasteiger partial charge in [-0.05, 0) is 30.7 Å². The molecule has 0 saturated heterocycles. The Labute approximate surface area is 160 Å². The van der Waals surface area contributed by atoms with Gasteiger partial charge in [0.15, 0.2) is 6.20 Å². The molecule has 0 atom stereocenters. The summed E-state index contributed by atoms with van der Waals surface area (Å²) in [5.41, 5.74) is 7.13. The van der Waals surface area contributed by atoms with Crippen molar-refractivity contribution in [3.8, 4) is 0 Å². The van der Waals surface area contributed by atoms with Crippen LogP contribution in [-0.4, -0.2) is 9.38 Å². The number of benzene rings is 1. The van der Waals surface area contributed by atoms with Crippen molar-refractivity contribution < 1.29 is 4.40 Å². The van der Waals surface area contributed by atoms with Crippen molar-refractivity contribution in [2.45, 2.75) is 6.42 Å². The summed E-state index contributed by atoms with van der Waals surface area (Å²) in [6.45, 7) is 0. The van der Waals surface area contributed by atoms with E-state index in [-0.39, 0.29) is 0 Å². The van der Waals surface area contributed by atoms with Crippen molar-refractivity contribution in [2.75, 3.05) is 0 Å². The molecule has 0 N–H and O–H groups in total. The third-order valence-electron chi connectivity index (χ3n) is 6.03. The van der Waals surface area contributed by atoms with E-state index < -0.39 is 0 Å². The van der Waals surface area contributed by atoms with Crippen molar-refractivity contribution >= 4 is 49.8 Å². The maximum Gasteiger partial charge on any atom is 0.221 e. The van der Waals surface area contributed by atoms with Gasteiger partial charge in [-0.1, -0.05) is 30.4 Å². The molecule has 0 fully saturated rings. The van der Waals surface area contributed by atoms with Crippen molar-refractivity contribution in [3.63, 3.8) is 0 Å². The lowest BCUT2D eigenvalue weighted by Crippen LogP contribution is -2.38. The molecule has 0 bridgehead atoms. The Kier molecular flexibility index (Phi) is 2.54. The van der Waals surface area contributed by atoms with Crippen LogP contribution in [0.15, 0.2) is 79.1 Å². The van der Waals surface area contributed by atoms with Gasteiger partial charge in [-0.2, -0.15) is 4.40 Å². The smallest absolute Gasteiger partial charge is 0.221 e. The Balaban J connectivity index is 1.68. The molecule has 6 aromatic rings. The Bertz CT molecular complexity index is 1690. The summed E-state index contributed by atoms with van der Waals surface area (Å²) in [7, 11) is 0. The van der Waals surface area contributed by atoms with Gasteiger partial charge in [0.1, 0.15) is 0 Å². The predicted octanol–water partition coefficient (Wildman–Crippen LogP) is 4.14. The van der Waals surface area contributed by atoms with Gasteiger partial charge in [-0.15, -0.1) is 0 Å². The Morgan fingerprint density at radius 3 is 2.82 bits per heavy atom. The second-order valence-corrected chi connectivity index (χ2v) is 7.55. The van der Waals surface area contributed by atoms with E-state index in [1.165, 1.54) is 43.6 Å². The third-order valence-corrected chi connectivity index (χ3v) is 6.03. The minimum absolute atomic E-state index is 0.990. The maximum absolute atomic E-state index is 5.00. The average molecular weight is 358 g/mol. The lowest BCUT2D eigenvalue weighted by molar-refractivity contribution is -0.522. The van der Waals surface area contributed by atoms with E-state index in [0.717, 1.165) is 17.5 Å². The molecule has 0 amide bonds. The quantitative estimate of drug-likeness (QED) is 0.295. The molecule has 5 aromatic heterocycles. The zero-order valence-corrected chi connectivity index (χ0v) is 15.1. The van der Waals surface area contributed by atoms with Crippen molar-refractivity contribution in [1.82, 2.24) is 9.38 Å². The zero-order valence-electron chi connectivity index (χ0n) is 15.1. The van der Waals surface area contributed by atoms with Crippen LogP contribution in [0.2, 0.25) is 0 Å². The van der Waals surface area contributed by atoms with Gasteiger partial charge >= 0.3 is 0 Å². The van der Waals surface area contributed by atoms with E-state index in [1.807, 2.05) is 0 Å². The predicted molar refractivity (Wildman–Crippen MR) is 113 cm³/mol. The van der Waals surface area contributed by atoms with Crippen LogP contribution in [0, 0.1) is 0 Å². The molecule has 1 aliphatic rings. The molecule has 0 spiro atoms. The number of aromatic nitrogens is 3. The number of hydrogen-bond acceptors (Lipinski definition) is 1. The number of pyridine rings is 3. The third kappa shape index (κ3) is 1.73. The lowest BCUT2D eigenvalue weighted by atomic mass is 10.1. The normalized spacial score (nSPS) is 13.7. The van der Waals surface area contributed by atoms with Crippen LogP contribution >= 0.6 is 0 Å². The summed E-state index contributed by atoms with van der Waals surface area (Å²) >= 11 is 0. The van der Waals surface area contributed by atoms with Crippen LogP contribution in [0.4, 0.5) is 0 Å². The summed E-state index contributed by atoms with van der Waals surface area (Å²) in [6, 6.07) is 19.7. The van der Waals surface area contributed by atoms with Gasteiger partial charge in [0, 0.05) is 40.7 Å². The van der Waals surface area contributed by atoms with Crippen molar-refractivity contribution in [2.24, 2.45) is 0 Å². The minimum atomic E-state index is 0.990. The monoisotopic (exact) mass is 358 g/mol. The first-order valence-electron chi connectivity index (χ1n) is 9.63. The number of fused-ring (bicyclic) bond motifs is 10. The van der Waals surface area contributed by atoms with Crippen LogP contribution in [0.25, 0.3) is 49.8 Å². The number of rotatable bonds is 0. The largest absolute Gasteiger partial charge is 0.316 e. The maximum atomic E-state index is 5.00. The topological polar surface area (TPSA) is 21.4 Å². The Morgan fingerprint density at radius 2 is 1.82 bits per heavy atom. The molecule has 7 rings (SSSR count). The van der Waals surface area contributed by atoms with E-state index in [0.29, 0.717) is 0 Å². The first-order chi connectivity index (χ1) is 13.9. The standard InChI is InChI=1S/C25H16N3/c1-3-7-22-16(5-1)13-24-18-15-19-21(26-20(18)9-11-27(22)24)10-12-28-23-8-4-2-6-17(23)14-25(19)28/h1-5,7-15H,6H2/q+1. The molecular weight excluding hydrogens is 342 g/mol. The number of para-hydroxylation sites is 1. The molecule has 0 radical (unpaired) electrons. The van der Waals surface area contributed by atoms with Crippen LogP contribution in [0.3, 0.4) is 0 Å². The first kappa shape index (κ1) is 14.4. The number of hydrogen-bond donors (Lipinski definition) is 0. The van der Waals surface area contributed by atoms with E-state index >= 15 is 0 Å². The second kappa shape index (κ2) is 4.96. The lowest BCUT2D eigenvalue weighted by Gasteiger charge is -2.04. The number of allylic oxidation sites excluding steroid dienone is 2. The molecule has 5 heterocycles. The van der Waals surface area contributed by atoms with Gasteiger partial charge in [0.2, 0.25) is 10.9 Å². The molecule has 130 valence electrons. The molecule has 1 aliphatic carbocycles. The van der Waals surface area contributed by atoms with Crippen LogP contribution in [0.5, 0.6) is 0 Å². The van der Waals surface area contributed by atoms with Crippen LogP contribution < -0.4 is 9.75 Å². The van der Waals surface area contributed by atoms with E-state index in [9.17, 15) is 0 Å². The molecule has 1 aromatic carbocycles. The van der Waals surface area contributed by atoms with Crippen LogP contribution in [-0.2, 0) is 6.42 Å². The molecular formula is C25H16N3+. The summed E-state index contributed by atoms with van der Waals surface area (Å²) in [5, 5.41) is 4.94. The Hall–Kier alpha value is -3.72. The van der Waals surface area contributed by atoms with Gasteiger partial charge in [-0.3, -0.25) is 0 Å². The van der Waals surface area contributed by atoms with Crippen molar-refractivity contribution in [3.05, 3.63) is 90.1 Å². The molecule has 0 saturated carbocycles. The summed E-state index contributed by atoms with van der Waals surface area (Å²) in [4.78, 5) is 5.00. The molecule has 3 nitrogen and oxygen atoms in total. The van der Waals surface area contributed by atoms with Gasteiger partial charge < -0.3 is 4.40 Å². The fourth-order valence-electron chi connectivity index (χ4n) is 4.71. The fourth-order valence-corrected chi connectivity index (χ4v) is 4.71. The average Bonchev–Trinajstić information content (AvgIpc) is 3.31. The van der Waals surface area contributed by atoms with Gasteiger partial charge in [-0.25, -0.2) is 4.98 Å². The van der Waals surface area contributed by atoms with E-state index in [2.05, 4.69) is 94.0 Å². The van der Waals surface area contributed by atoms with E-state index in [4.69, 9.17) is 4.98 Å². The van der Waals surface area contributed by atoms with Gasteiger partial charge in [0.25, 0.3) is 0 Å².